The molecule has 164 valence electrons. The first-order valence-corrected chi connectivity index (χ1v) is 10.4. The third kappa shape index (κ3) is 4.01. The van der Waals surface area contributed by atoms with Crippen LogP contribution in [0.2, 0.25) is 0 Å². The molecule has 2 aromatic carbocycles. The molecule has 3 heterocycles. The van der Waals surface area contributed by atoms with Gasteiger partial charge in [-0.15, -0.1) is 0 Å². The van der Waals surface area contributed by atoms with E-state index in [-0.39, 0.29) is 18.4 Å². The minimum Gasteiger partial charge on any atom is -0.455 e. The SMILES string of the molecule is Fc1ccc([C@H]2c3ccccc3CCN2C2=NC[C@]3(CCN(CC(F)(F)F)C3)O2)cc1. The lowest BCUT2D eigenvalue weighted by molar-refractivity contribution is -0.144. The molecule has 0 N–H and O–H groups in total. The molecule has 1 saturated heterocycles. The molecule has 0 aromatic heterocycles. The largest absolute Gasteiger partial charge is 0.455 e. The Balaban J connectivity index is 1.40. The molecule has 4 nitrogen and oxygen atoms in total. The molecule has 5 rings (SSSR count). The Bertz CT molecular complexity index is 991. The first kappa shape index (κ1) is 20.3. The van der Waals surface area contributed by atoms with E-state index in [1.165, 1.54) is 22.6 Å². The highest BCUT2D eigenvalue weighted by Crippen LogP contribution is 2.39. The quantitative estimate of drug-likeness (QED) is 0.666. The van der Waals surface area contributed by atoms with Gasteiger partial charge in [-0.1, -0.05) is 36.4 Å². The number of amidine groups is 1. The fourth-order valence-corrected chi connectivity index (χ4v) is 4.92. The van der Waals surface area contributed by atoms with Gasteiger partial charge in [-0.3, -0.25) is 4.90 Å². The Labute approximate surface area is 178 Å². The molecule has 31 heavy (non-hydrogen) atoms. The fraction of sp³-hybridized carbons (Fsp3) is 0.435. The lowest BCUT2D eigenvalue weighted by Crippen LogP contribution is -2.45. The van der Waals surface area contributed by atoms with E-state index in [0.29, 0.717) is 32.1 Å². The summed E-state index contributed by atoms with van der Waals surface area (Å²) in [5.74, 6) is -0.302. The van der Waals surface area contributed by atoms with Crippen LogP contribution in [0, 0.1) is 5.82 Å². The van der Waals surface area contributed by atoms with Crippen molar-refractivity contribution in [3.8, 4) is 0 Å². The zero-order valence-electron chi connectivity index (χ0n) is 16.9. The van der Waals surface area contributed by atoms with Crippen LogP contribution < -0.4 is 0 Å². The summed E-state index contributed by atoms with van der Waals surface area (Å²) in [7, 11) is 0. The zero-order chi connectivity index (χ0) is 21.6. The lowest BCUT2D eigenvalue weighted by Gasteiger charge is -2.39. The first-order valence-electron chi connectivity index (χ1n) is 10.4. The van der Waals surface area contributed by atoms with E-state index in [9.17, 15) is 17.6 Å². The summed E-state index contributed by atoms with van der Waals surface area (Å²) >= 11 is 0. The number of benzene rings is 2. The molecule has 0 bridgehead atoms. The third-order valence-corrected chi connectivity index (χ3v) is 6.32. The highest BCUT2D eigenvalue weighted by molar-refractivity contribution is 5.78. The summed E-state index contributed by atoms with van der Waals surface area (Å²) in [6, 6.07) is 14.8. The van der Waals surface area contributed by atoms with Crippen molar-refractivity contribution in [1.82, 2.24) is 9.80 Å². The Morgan fingerprint density at radius 3 is 2.61 bits per heavy atom. The van der Waals surface area contributed by atoms with Gasteiger partial charge in [0.15, 0.2) is 0 Å². The first-order chi connectivity index (χ1) is 14.8. The summed E-state index contributed by atoms with van der Waals surface area (Å²) in [6.07, 6.45) is -2.90. The van der Waals surface area contributed by atoms with Gasteiger partial charge in [-0.2, -0.15) is 13.2 Å². The summed E-state index contributed by atoms with van der Waals surface area (Å²) in [5.41, 5.74) is 2.55. The number of nitrogens with zero attached hydrogens (tertiary/aromatic N) is 3. The van der Waals surface area contributed by atoms with Gasteiger partial charge in [0.1, 0.15) is 11.4 Å². The predicted octanol–water partition coefficient (Wildman–Crippen LogP) is 4.17. The standard InChI is InChI=1S/C23H23F4N3O/c24-18-7-5-17(6-8-18)20-19-4-2-1-3-16(19)9-11-30(20)21-28-13-22(31-21)10-12-29(14-22)15-23(25,26)27/h1-8,20H,9-15H2/t20-,22-/m0/s1. The van der Waals surface area contributed by atoms with Crippen molar-refractivity contribution >= 4 is 6.02 Å². The zero-order valence-corrected chi connectivity index (χ0v) is 16.9. The van der Waals surface area contributed by atoms with E-state index < -0.39 is 18.3 Å². The third-order valence-electron chi connectivity index (χ3n) is 6.32. The average Bonchev–Trinajstić information content (AvgIpc) is 3.33. The molecular formula is C23H23F4N3O. The second kappa shape index (κ2) is 7.51. The van der Waals surface area contributed by atoms with Gasteiger partial charge in [-0.05, 0) is 35.2 Å². The summed E-state index contributed by atoms with van der Waals surface area (Å²) in [4.78, 5) is 8.09. The van der Waals surface area contributed by atoms with E-state index in [1.807, 2.05) is 12.1 Å². The predicted molar refractivity (Wildman–Crippen MR) is 108 cm³/mol. The maximum Gasteiger partial charge on any atom is 0.401 e. The van der Waals surface area contributed by atoms with Crippen LogP contribution in [-0.2, 0) is 11.2 Å². The maximum absolute atomic E-state index is 13.6. The second-order valence-electron chi connectivity index (χ2n) is 8.56. The second-order valence-corrected chi connectivity index (χ2v) is 8.56. The van der Waals surface area contributed by atoms with E-state index in [0.717, 1.165) is 17.5 Å². The van der Waals surface area contributed by atoms with Crippen LogP contribution in [-0.4, -0.2) is 60.3 Å². The smallest absolute Gasteiger partial charge is 0.401 e. The summed E-state index contributed by atoms with van der Waals surface area (Å²) < 4.78 is 58.3. The number of hydrogen-bond donors (Lipinski definition) is 0. The number of ether oxygens (including phenoxy) is 1. The van der Waals surface area contributed by atoms with Crippen molar-refractivity contribution in [2.75, 3.05) is 32.7 Å². The number of aliphatic imine (C=N–C) groups is 1. The van der Waals surface area contributed by atoms with Gasteiger partial charge >= 0.3 is 6.18 Å². The van der Waals surface area contributed by atoms with Crippen molar-refractivity contribution in [3.05, 3.63) is 71.0 Å². The molecule has 8 heteroatoms. The minimum atomic E-state index is -4.22. The average molecular weight is 433 g/mol. The van der Waals surface area contributed by atoms with E-state index in [4.69, 9.17) is 4.74 Å². The minimum absolute atomic E-state index is 0.188. The van der Waals surface area contributed by atoms with Crippen LogP contribution in [0.1, 0.15) is 29.2 Å². The highest BCUT2D eigenvalue weighted by atomic mass is 19.4. The Kier molecular flexibility index (Phi) is 4.92. The monoisotopic (exact) mass is 433 g/mol. The lowest BCUT2D eigenvalue weighted by atomic mass is 9.88. The number of fused-ring (bicyclic) bond motifs is 1. The van der Waals surface area contributed by atoms with Crippen LogP contribution in [0.4, 0.5) is 17.6 Å². The molecule has 0 aliphatic carbocycles. The molecule has 1 fully saturated rings. The molecular weight excluding hydrogens is 410 g/mol. The van der Waals surface area contributed by atoms with Crippen molar-refractivity contribution in [3.63, 3.8) is 0 Å². The van der Waals surface area contributed by atoms with E-state index in [1.54, 1.807) is 12.1 Å². The van der Waals surface area contributed by atoms with Gasteiger partial charge in [0.25, 0.3) is 6.02 Å². The van der Waals surface area contributed by atoms with Crippen LogP contribution in [0.5, 0.6) is 0 Å². The van der Waals surface area contributed by atoms with Crippen molar-refractivity contribution < 1.29 is 22.3 Å². The number of halogens is 4. The summed E-state index contributed by atoms with van der Waals surface area (Å²) in [5, 5.41) is 0. The van der Waals surface area contributed by atoms with Crippen LogP contribution in [0.25, 0.3) is 0 Å². The van der Waals surface area contributed by atoms with Crippen molar-refractivity contribution in [2.45, 2.75) is 30.7 Å². The molecule has 2 atom stereocenters. The van der Waals surface area contributed by atoms with Gasteiger partial charge in [0.05, 0.1) is 19.1 Å². The molecule has 0 unspecified atom stereocenters. The Hall–Kier alpha value is -2.61. The van der Waals surface area contributed by atoms with Gasteiger partial charge in [-0.25, -0.2) is 9.38 Å². The Morgan fingerprint density at radius 2 is 1.84 bits per heavy atom. The molecule has 2 aromatic rings. The Morgan fingerprint density at radius 1 is 1.06 bits per heavy atom. The molecule has 0 saturated carbocycles. The van der Waals surface area contributed by atoms with Crippen LogP contribution in [0.3, 0.4) is 0 Å². The van der Waals surface area contributed by atoms with Gasteiger partial charge in [0, 0.05) is 26.1 Å². The highest BCUT2D eigenvalue weighted by Gasteiger charge is 2.48. The summed E-state index contributed by atoms with van der Waals surface area (Å²) in [6.45, 7) is 0.644. The fourth-order valence-electron chi connectivity index (χ4n) is 4.92. The molecule has 3 aliphatic rings. The van der Waals surface area contributed by atoms with E-state index >= 15 is 0 Å². The van der Waals surface area contributed by atoms with Crippen LogP contribution >= 0.6 is 0 Å². The van der Waals surface area contributed by atoms with Gasteiger partial charge < -0.3 is 9.64 Å². The topological polar surface area (TPSA) is 28.1 Å². The molecule has 3 aliphatic heterocycles. The number of alkyl halides is 3. The van der Waals surface area contributed by atoms with Crippen LogP contribution in [0.15, 0.2) is 53.5 Å². The van der Waals surface area contributed by atoms with Gasteiger partial charge in [0.2, 0.25) is 0 Å². The molecule has 0 radical (unpaired) electrons. The number of rotatable bonds is 2. The number of likely N-dealkylation sites (tertiary alicyclic amines) is 1. The van der Waals surface area contributed by atoms with E-state index in [2.05, 4.69) is 22.0 Å². The number of hydrogen-bond acceptors (Lipinski definition) is 4. The normalized spacial score (nSPS) is 26.1. The maximum atomic E-state index is 13.6. The van der Waals surface area contributed by atoms with Crippen molar-refractivity contribution in [2.24, 2.45) is 4.99 Å². The molecule has 0 amide bonds. The molecule has 1 spiro atoms. The van der Waals surface area contributed by atoms with Crippen molar-refractivity contribution in [1.29, 1.82) is 0 Å².